The SMILES string of the molecule is N[C@H](c1cn2nc(CC3C[C@@H](C(F)(F)F)CNC3=O)ccc2n1)C1CC(C2CC2)(C2CC2)C1. The van der Waals surface area contributed by atoms with Crippen LogP contribution in [0.5, 0.6) is 0 Å². The van der Waals surface area contributed by atoms with Crippen LogP contribution in [0.1, 0.15) is 62.4 Å². The predicted molar refractivity (Wildman–Crippen MR) is 115 cm³/mol. The highest BCUT2D eigenvalue weighted by molar-refractivity contribution is 5.79. The zero-order chi connectivity index (χ0) is 23.0. The van der Waals surface area contributed by atoms with Gasteiger partial charge >= 0.3 is 6.18 Å². The molecule has 4 aliphatic rings. The minimum atomic E-state index is -4.31. The number of nitrogens with two attached hydrogens (primary N) is 1. The van der Waals surface area contributed by atoms with Gasteiger partial charge in [-0.25, -0.2) is 9.50 Å². The summed E-state index contributed by atoms with van der Waals surface area (Å²) in [5.41, 5.74) is 9.23. The topological polar surface area (TPSA) is 85.3 Å². The summed E-state index contributed by atoms with van der Waals surface area (Å²) < 4.78 is 41.0. The van der Waals surface area contributed by atoms with Crippen LogP contribution in [0.15, 0.2) is 18.3 Å². The number of rotatable bonds is 6. The number of amides is 1. The molecule has 33 heavy (non-hydrogen) atoms. The lowest BCUT2D eigenvalue weighted by molar-refractivity contribution is -0.183. The fraction of sp³-hybridized carbons (Fsp3) is 0.708. The van der Waals surface area contributed by atoms with Crippen molar-refractivity contribution in [2.24, 2.45) is 40.7 Å². The number of hydrogen-bond donors (Lipinski definition) is 2. The van der Waals surface area contributed by atoms with Gasteiger partial charge in [0.25, 0.3) is 0 Å². The lowest BCUT2D eigenvalue weighted by Crippen LogP contribution is -2.47. The van der Waals surface area contributed by atoms with Crippen molar-refractivity contribution in [1.82, 2.24) is 19.9 Å². The van der Waals surface area contributed by atoms with E-state index in [1.54, 1.807) is 16.6 Å². The number of aromatic nitrogens is 3. The molecule has 1 saturated heterocycles. The molecule has 3 saturated carbocycles. The van der Waals surface area contributed by atoms with E-state index in [9.17, 15) is 18.0 Å². The molecule has 3 N–H and O–H groups in total. The van der Waals surface area contributed by atoms with Gasteiger partial charge in [-0.2, -0.15) is 18.3 Å². The second kappa shape index (κ2) is 7.42. The number of halogens is 3. The smallest absolute Gasteiger partial charge is 0.355 e. The molecule has 6 rings (SSSR count). The van der Waals surface area contributed by atoms with Crippen molar-refractivity contribution in [2.45, 2.75) is 63.6 Å². The van der Waals surface area contributed by atoms with Gasteiger partial charge in [0, 0.05) is 18.9 Å². The van der Waals surface area contributed by atoms with E-state index in [0.717, 1.165) is 17.5 Å². The highest BCUT2D eigenvalue weighted by atomic mass is 19.4. The largest absolute Gasteiger partial charge is 0.393 e. The average molecular weight is 462 g/mol. The van der Waals surface area contributed by atoms with Crippen molar-refractivity contribution >= 4 is 11.6 Å². The van der Waals surface area contributed by atoms with Crippen molar-refractivity contribution in [2.75, 3.05) is 6.54 Å². The molecule has 4 fully saturated rings. The number of piperidine rings is 1. The van der Waals surface area contributed by atoms with Crippen molar-refractivity contribution in [3.63, 3.8) is 0 Å². The second-order valence-corrected chi connectivity index (χ2v) is 10.9. The normalized spacial score (nSPS) is 29.0. The predicted octanol–water partition coefficient (Wildman–Crippen LogP) is 3.80. The molecule has 1 unspecified atom stereocenters. The van der Waals surface area contributed by atoms with Crippen molar-refractivity contribution in [1.29, 1.82) is 0 Å². The first-order valence-electron chi connectivity index (χ1n) is 12.2. The van der Waals surface area contributed by atoms with E-state index in [2.05, 4.69) is 15.4 Å². The van der Waals surface area contributed by atoms with Crippen LogP contribution in [-0.2, 0) is 11.2 Å². The standard InChI is InChI=1S/C24H30F3N5O/c25-24(26,27)17-7-13(22(33)29-11-17)8-18-5-6-20-30-19(12-32(20)31-18)21(28)14-9-23(10-14,15-1-2-15)16-3-4-16/h5-6,12-17,21H,1-4,7-11,28H2,(H,29,33)/t13?,17-,21+/m1/s1. The number of hydrogen-bond acceptors (Lipinski definition) is 4. The van der Waals surface area contributed by atoms with Crippen LogP contribution in [0.3, 0.4) is 0 Å². The van der Waals surface area contributed by atoms with Crippen molar-refractivity contribution < 1.29 is 18.0 Å². The van der Waals surface area contributed by atoms with Crippen molar-refractivity contribution in [3.05, 3.63) is 29.7 Å². The van der Waals surface area contributed by atoms with Crippen molar-refractivity contribution in [3.8, 4) is 0 Å². The fourth-order valence-electron chi connectivity index (χ4n) is 6.52. The summed E-state index contributed by atoms with van der Waals surface area (Å²) in [5, 5.41) is 6.94. The number of nitrogens with zero attached hydrogens (tertiary/aromatic N) is 3. The molecule has 3 heterocycles. The number of fused-ring (bicyclic) bond motifs is 1. The van der Waals surface area contributed by atoms with Crippen LogP contribution in [-0.4, -0.2) is 33.2 Å². The fourth-order valence-corrected chi connectivity index (χ4v) is 6.52. The first kappa shape index (κ1) is 21.4. The summed E-state index contributed by atoms with van der Waals surface area (Å²) in [6.07, 6.45) is 5.41. The maximum absolute atomic E-state index is 13.1. The summed E-state index contributed by atoms with van der Waals surface area (Å²) in [6.45, 7) is -0.349. The molecule has 0 radical (unpaired) electrons. The van der Waals surface area contributed by atoms with Gasteiger partial charge in [0.2, 0.25) is 5.91 Å². The molecule has 2 aromatic rings. The highest BCUT2D eigenvalue weighted by Crippen LogP contribution is 2.70. The van der Waals surface area contributed by atoms with Gasteiger partial charge in [0.05, 0.1) is 29.5 Å². The van der Waals surface area contributed by atoms with Gasteiger partial charge in [-0.1, -0.05) is 0 Å². The van der Waals surface area contributed by atoms with E-state index in [4.69, 9.17) is 5.73 Å². The van der Waals surface area contributed by atoms with Gasteiger partial charge < -0.3 is 11.1 Å². The Morgan fingerprint density at radius 2 is 1.88 bits per heavy atom. The van der Waals surface area contributed by atoms with E-state index in [0.29, 0.717) is 22.7 Å². The van der Waals surface area contributed by atoms with Crippen LogP contribution >= 0.6 is 0 Å². The molecular weight excluding hydrogens is 431 g/mol. The third-order valence-electron chi connectivity index (χ3n) is 8.69. The van der Waals surface area contributed by atoms with Crippen LogP contribution < -0.4 is 11.1 Å². The first-order chi connectivity index (χ1) is 15.7. The van der Waals surface area contributed by atoms with E-state index >= 15 is 0 Å². The van der Waals surface area contributed by atoms with E-state index in [-0.39, 0.29) is 31.3 Å². The van der Waals surface area contributed by atoms with Gasteiger partial charge in [0.1, 0.15) is 0 Å². The van der Waals surface area contributed by atoms with Crippen LogP contribution in [0.2, 0.25) is 0 Å². The van der Waals surface area contributed by atoms with Crippen LogP contribution in [0.4, 0.5) is 13.2 Å². The number of alkyl halides is 3. The third kappa shape index (κ3) is 3.82. The molecule has 3 atom stereocenters. The number of carbonyl (C=O) groups is 1. The molecule has 3 aliphatic carbocycles. The maximum atomic E-state index is 13.1. The molecule has 1 amide bonds. The Hall–Kier alpha value is -2.16. The van der Waals surface area contributed by atoms with E-state index in [1.807, 2.05) is 6.20 Å². The van der Waals surface area contributed by atoms with Crippen LogP contribution in [0, 0.1) is 35.0 Å². The molecule has 9 heteroatoms. The number of carbonyl (C=O) groups excluding carboxylic acids is 1. The third-order valence-corrected chi connectivity index (χ3v) is 8.69. The van der Waals surface area contributed by atoms with Gasteiger partial charge in [-0.05, 0) is 80.2 Å². The summed E-state index contributed by atoms with van der Waals surface area (Å²) in [4.78, 5) is 16.8. The molecular formula is C24H30F3N5O. The molecule has 1 aliphatic heterocycles. The average Bonchev–Trinajstić information content (AvgIpc) is 3.66. The molecule has 0 aromatic carbocycles. The zero-order valence-corrected chi connectivity index (χ0v) is 18.5. The summed E-state index contributed by atoms with van der Waals surface area (Å²) >= 11 is 0. The molecule has 178 valence electrons. The first-order valence-corrected chi connectivity index (χ1v) is 12.2. The van der Waals surface area contributed by atoms with Gasteiger partial charge in [-0.15, -0.1) is 0 Å². The minimum Gasteiger partial charge on any atom is -0.355 e. The lowest BCUT2D eigenvalue weighted by Gasteiger charge is -2.51. The number of imidazole rings is 1. The highest BCUT2D eigenvalue weighted by Gasteiger charge is 2.61. The Morgan fingerprint density at radius 1 is 1.18 bits per heavy atom. The lowest BCUT2D eigenvalue weighted by atomic mass is 9.54. The molecule has 6 nitrogen and oxygen atoms in total. The van der Waals surface area contributed by atoms with Gasteiger partial charge in [0.15, 0.2) is 5.65 Å². The quantitative estimate of drug-likeness (QED) is 0.685. The zero-order valence-electron chi connectivity index (χ0n) is 18.5. The maximum Gasteiger partial charge on any atom is 0.393 e. The van der Waals surface area contributed by atoms with Gasteiger partial charge in [-0.3, -0.25) is 4.79 Å². The Bertz CT molecular complexity index is 1050. The van der Waals surface area contributed by atoms with E-state index < -0.39 is 18.0 Å². The molecule has 2 aromatic heterocycles. The van der Waals surface area contributed by atoms with Crippen LogP contribution in [0.25, 0.3) is 5.65 Å². The summed E-state index contributed by atoms with van der Waals surface area (Å²) in [6, 6.07) is 3.42. The Balaban J connectivity index is 1.14. The molecule has 0 spiro atoms. The minimum absolute atomic E-state index is 0.127. The summed E-state index contributed by atoms with van der Waals surface area (Å²) in [7, 11) is 0. The second-order valence-electron chi connectivity index (χ2n) is 10.9. The molecule has 0 bridgehead atoms. The Labute approximate surface area is 190 Å². The summed E-state index contributed by atoms with van der Waals surface area (Å²) in [5.74, 6) is -0.331. The Kier molecular flexibility index (Phi) is 4.81. The Morgan fingerprint density at radius 3 is 2.52 bits per heavy atom. The number of nitrogens with one attached hydrogen (secondary N) is 1. The van der Waals surface area contributed by atoms with E-state index in [1.165, 1.54) is 38.5 Å². The monoisotopic (exact) mass is 461 g/mol.